The minimum atomic E-state index is 0.186. The van der Waals surface area contributed by atoms with Gasteiger partial charge in [0.15, 0.2) is 11.6 Å². The van der Waals surface area contributed by atoms with Crippen LogP contribution in [0.5, 0.6) is 0 Å². The van der Waals surface area contributed by atoms with E-state index in [-0.39, 0.29) is 6.10 Å². The summed E-state index contributed by atoms with van der Waals surface area (Å²) in [7, 11) is 0. The van der Waals surface area contributed by atoms with Crippen molar-refractivity contribution in [3.63, 3.8) is 0 Å². The maximum absolute atomic E-state index is 5.90. The molecule has 3 rings (SSSR count). The lowest BCUT2D eigenvalue weighted by Gasteiger charge is -2.10. The molecule has 0 fully saturated rings. The van der Waals surface area contributed by atoms with Gasteiger partial charge < -0.3 is 9.47 Å². The Labute approximate surface area is 153 Å². The normalized spacial score (nSPS) is 11.4. The van der Waals surface area contributed by atoms with Gasteiger partial charge in [0, 0.05) is 6.20 Å². The lowest BCUT2D eigenvalue weighted by molar-refractivity contribution is 0.0660. The van der Waals surface area contributed by atoms with E-state index in [1.807, 2.05) is 36.7 Å². The third-order valence-corrected chi connectivity index (χ3v) is 3.99. The highest BCUT2D eigenvalue weighted by Crippen LogP contribution is 2.14. The van der Waals surface area contributed by atoms with Crippen LogP contribution >= 0.6 is 0 Å². The second-order valence-electron chi connectivity index (χ2n) is 6.38. The van der Waals surface area contributed by atoms with Gasteiger partial charge in [-0.15, -0.1) is 5.10 Å². The molecule has 1 N–H and O–H groups in total. The van der Waals surface area contributed by atoms with Crippen LogP contribution in [0.1, 0.15) is 30.8 Å². The van der Waals surface area contributed by atoms with Gasteiger partial charge in [-0.3, -0.25) is 5.10 Å². The molecule has 7 heteroatoms. The summed E-state index contributed by atoms with van der Waals surface area (Å²) >= 11 is 0. The second-order valence-corrected chi connectivity index (χ2v) is 6.38. The smallest absolute Gasteiger partial charge is 0.199 e. The average molecular weight is 355 g/mol. The van der Waals surface area contributed by atoms with Crippen LogP contribution in [0.15, 0.2) is 36.5 Å². The summed E-state index contributed by atoms with van der Waals surface area (Å²) in [5.41, 5.74) is 3.18. The van der Waals surface area contributed by atoms with Crippen molar-refractivity contribution in [3.05, 3.63) is 53.5 Å². The molecule has 0 radical (unpaired) electrons. The van der Waals surface area contributed by atoms with Gasteiger partial charge in [-0.2, -0.15) is 5.10 Å². The lowest BCUT2D eigenvalue weighted by atomic mass is 10.1. The van der Waals surface area contributed by atoms with Gasteiger partial charge >= 0.3 is 0 Å². The Morgan fingerprint density at radius 2 is 2.00 bits per heavy atom. The summed E-state index contributed by atoms with van der Waals surface area (Å²) < 4.78 is 13.4. The van der Waals surface area contributed by atoms with Crippen molar-refractivity contribution >= 4 is 0 Å². The molecule has 0 amide bonds. The molecular weight excluding hydrogens is 330 g/mol. The van der Waals surface area contributed by atoms with Crippen LogP contribution in [-0.2, 0) is 29.2 Å². The van der Waals surface area contributed by atoms with Gasteiger partial charge in [0.25, 0.3) is 0 Å². The fourth-order valence-corrected chi connectivity index (χ4v) is 2.55. The number of benzene rings is 1. The zero-order valence-corrected chi connectivity index (χ0v) is 15.5. The molecule has 0 saturated heterocycles. The molecule has 26 heavy (non-hydrogen) atoms. The molecule has 2 aromatic heterocycles. The van der Waals surface area contributed by atoms with E-state index in [0.29, 0.717) is 32.2 Å². The van der Waals surface area contributed by atoms with Crippen molar-refractivity contribution in [1.82, 2.24) is 25.0 Å². The van der Waals surface area contributed by atoms with Crippen LogP contribution in [-0.4, -0.2) is 37.7 Å². The van der Waals surface area contributed by atoms with E-state index in [1.165, 1.54) is 11.1 Å². The predicted molar refractivity (Wildman–Crippen MR) is 98.4 cm³/mol. The number of hydrogen-bond donors (Lipinski definition) is 1. The standard InChI is InChI=1S/C19H25N5O2/c1-14(2)26-11-10-24-18(21-19(23-24)17-8-9-20-22-17)13-25-12-16-7-5-4-6-15(16)3/h4-9,14H,10-13H2,1-3H3,(H,20,22). The van der Waals surface area contributed by atoms with Crippen molar-refractivity contribution in [2.24, 2.45) is 0 Å². The van der Waals surface area contributed by atoms with E-state index in [2.05, 4.69) is 39.3 Å². The summed E-state index contributed by atoms with van der Waals surface area (Å²) in [6.07, 6.45) is 1.87. The van der Waals surface area contributed by atoms with Gasteiger partial charge in [0.2, 0.25) is 0 Å². The minimum absolute atomic E-state index is 0.186. The molecule has 0 aliphatic heterocycles. The van der Waals surface area contributed by atoms with Crippen LogP contribution < -0.4 is 0 Å². The summed E-state index contributed by atoms with van der Waals surface area (Å²) in [4.78, 5) is 4.60. The fourth-order valence-electron chi connectivity index (χ4n) is 2.55. The average Bonchev–Trinajstić information content (AvgIpc) is 3.26. The molecule has 2 heterocycles. The first-order valence-corrected chi connectivity index (χ1v) is 8.81. The molecule has 0 aliphatic rings. The molecular formula is C19H25N5O2. The lowest BCUT2D eigenvalue weighted by Crippen LogP contribution is -2.14. The maximum Gasteiger partial charge on any atom is 0.199 e. The van der Waals surface area contributed by atoms with Gasteiger partial charge in [-0.1, -0.05) is 24.3 Å². The molecule has 1 aromatic carbocycles. The Balaban J connectivity index is 1.68. The number of ether oxygens (including phenoxy) is 2. The van der Waals surface area contributed by atoms with Crippen molar-refractivity contribution in [1.29, 1.82) is 0 Å². The SMILES string of the molecule is Cc1ccccc1COCc1nc(-c2ccn[nH]2)nn1CCOC(C)C. The Morgan fingerprint density at radius 1 is 1.15 bits per heavy atom. The first-order chi connectivity index (χ1) is 12.6. The molecule has 138 valence electrons. The second kappa shape index (κ2) is 8.73. The van der Waals surface area contributed by atoms with E-state index < -0.39 is 0 Å². The summed E-state index contributed by atoms with van der Waals surface area (Å²) in [5.74, 6) is 1.39. The zero-order valence-electron chi connectivity index (χ0n) is 15.5. The van der Waals surface area contributed by atoms with Crippen LogP contribution in [0.25, 0.3) is 11.5 Å². The number of rotatable bonds is 9. The molecule has 7 nitrogen and oxygen atoms in total. The van der Waals surface area contributed by atoms with E-state index in [0.717, 1.165) is 11.5 Å². The Hall–Kier alpha value is -2.51. The van der Waals surface area contributed by atoms with Gasteiger partial charge in [-0.05, 0) is 38.0 Å². The van der Waals surface area contributed by atoms with Crippen molar-refractivity contribution in [3.8, 4) is 11.5 Å². The van der Waals surface area contributed by atoms with Gasteiger partial charge in [0.05, 0.1) is 25.9 Å². The largest absolute Gasteiger partial charge is 0.377 e. The van der Waals surface area contributed by atoms with Gasteiger partial charge in [-0.25, -0.2) is 9.67 Å². The number of aromatic nitrogens is 5. The summed E-state index contributed by atoms with van der Waals surface area (Å²) in [5, 5.41) is 11.4. The van der Waals surface area contributed by atoms with E-state index in [4.69, 9.17) is 9.47 Å². The number of aryl methyl sites for hydroxylation is 1. The third-order valence-electron chi connectivity index (χ3n) is 3.99. The highest BCUT2D eigenvalue weighted by atomic mass is 16.5. The predicted octanol–water partition coefficient (Wildman–Crippen LogP) is 3.12. The van der Waals surface area contributed by atoms with E-state index in [9.17, 15) is 0 Å². The quantitative estimate of drug-likeness (QED) is 0.638. The van der Waals surface area contributed by atoms with Crippen molar-refractivity contribution < 1.29 is 9.47 Å². The molecule has 0 aliphatic carbocycles. The zero-order chi connectivity index (χ0) is 18.4. The molecule has 0 atom stereocenters. The highest BCUT2D eigenvalue weighted by Gasteiger charge is 2.13. The summed E-state index contributed by atoms with van der Waals surface area (Å²) in [6, 6.07) is 10.1. The van der Waals surface area contributed by atoms with E-state index >= 15 is 0 Å². The topological polar surface area (TPSA) is 77.9 Å². The highest BCUT2D eigenvalue weighted by molar-refractivity contribution is 5.47. The molecule has 0 spiro atoms. The number of H-pyrrole nitrogens is 1. The minimum Gasteiger partial charge on any atom is -0.377 e. The molecule has 0 bridgehead atoms. The monoisotopic (exact) mass is 355 g/mol. The molecule has 0 saturated carbocycles. The van der Waals surface area contributed by atoms with Crippen molar-refractivity contribution in [2.75, 3.05) is 6.61 Å². The number of nitrogens with zero attached hydrogens (tertiary/aromatic N) is 4. The number of nitrogens with one attached hydrogen (secondary N) is 1. The van der Waals surface area contributed by atoms with Crippen molar-refractivity contribution in [2.45, 2.75) is 46.6 Å². The van der Waals surface area contributed by atoms with Crippen LogP contribution in [0.2, 0.25) is 0 Å². The number of aromatic amines is 1. The molecule has 0 unspecified atom stereocenters. The molecule has 3 aromatic rings. The summed E-state index contributed by atoms with van der Waals surface area (Å²) in [6.45, 7) is 8.25. The van der Waals surface area contributed by atoms with Crippen LogP contribution in [0, 0.1) is 6.92 Å². The first kappa shape index (κ1) is 18.3. The Bertz CT molecular complexity index is 811. The fraction of sp³-hybridized carbons (Fsp3) is 0.421. The maximum atomic E-state index is 5.90. The first-order valence-electron chi connectivity index (χ1n) is 8.81. The number of hydrogen-bond acceptors (Lipinski definition) is 5. The van der Waals surface area contributed by atoms with E-state index in [1.54, 1.807) is 6.20 Å². The van der Waals surface area contributed by atoms with Gasteiger partial charge in [0.1, 0.15) is 12.3 Å². The van der Waals surface area contributed by atoms with Crippen LogP contribution in [0.3, 0.4) is 0 Å². The van der Waals surface area contributed by atoms with Crippen LogP contribution in [0.4, 0.5) is 0 Å². The Morgan fingerprint density at radius 3 is 2.73 bits per heavy atom. The Kier molecular flexibility index (Phi) is 6.14. The third kappa shape index (κ3) is 4.77.